The molecule has 0 N–H and O–H groups in total. The van der Waals surface area contributed by atoms with Gasteiger partial charge in [-0.05, 0) is 27.2 Å². The van der Waals surface area contributed by atoms with E-state index in [1.54, 1.807) is 19.3 Å². The summed E-state index contributed by atoms with van der Waals surface area (Å²) >= 11 is 0. The lowest BCUT2D eigenvalue weighted by atomic mass is 9.99. The molecular formula is C12H18N2O2. The highest BCUT2D eigenvalue weighted by Gasteiger charge is 2.17. The summed E-state index contributed by atoms with van der Waals surface area (Å²) < 4.78 is 5.44. The highest BCUT2D eigenvalue weighted by molar-refractivity contribution is 5.82. The van der Waals surface area contributed by atoms with Gasteiger partial charge in [0.1, 0.15) is 5.78 Å². The van der Waals surface area contributed by atoms with E-state index < -0.39 is 0 Å². The van der Waals surface area contributed by atoms with Crippen LogP contribution in [0.2, 0.25) is 0 Å². The van der Waals surface area contributed by atoms with Crippen molar-refractivity contribution in [3.8, 4) is 5.88 Å². The second-order valence-corrected chi connectivity index (χ2v) is 4.02. The minimum Gasteiger partial charge on any atom is -0.474 e. The number of Topliss-reactive ketones (excluding diaryl/α,β-unsaturated/α-hetero) is 1. The van der Waals surface area contributed by atoms with Gasteiger partial charge in [0.25, 0.3) is 0 Å². The van der Waals surface area contributed by atoms with Crippen molar-refractivity contribution in [2.45, 2.75) is 46.1 Å². The van der Waals surface area contributed by atoms with Crippen molar-refractivity contribution in [2.24, 2.45) is 0 Å². The number of nitrogens with zero attached hydrogens (tertiary/aromatic N) is 2. The molecule has 4 nitrogen and oxygen atoms in total. The molecule has 0 spiro atoms. The average molecular weight is 222 g/mol. The van der Waals surface area contributed by atoms with Crippen LogP contribution in [0.1, 0.15) is 45.7 Å². The maximum atomic E-state index is 11.4. The Balaban J connectivity index is 2.92. The number of hydrogen-bond donors (Lipinski definition) is 0. The van der Waals surface area contributed by atoms with E-state index in [1.165, 1.54) is 0 Å². The minimum atomic E-state index is -0.178. The Morgan fingerprint density at radius 3 is 2.62 bits per heavy atom. The molecule has 0 aliphatic rings. The van der Waals surface area contributed by atoms with Gasteiger partial charge < -0.3 is 4.74 Å². The Hall–Kier alpha value is -1.45. The average Bonchev–Trinajstić information content (AvgIpc) is 2.17. The first-order valence-corrected chi connectivity index (χ1v) is 5.53. The number of carbonyl (C=O) groups excluding carboxylic acids is 1. The molecular weight excluding hydrogens is 204 g/mol. The molecule has 0 radical (unpaired) electrons. The fourth-order valence-corrected chi connectivity index (χ4v) is 1.53. The minimum absolute atomic E-state index is 0.0574. The molecule has 0 aliphatic carbocycles. The van der Waals surface area contributed by atoms with E-state index in [9.17, 15) is 4.79 Å². The monoisotopic (exact) mass is 222 g/mol. The third-order valence-electron chi connectivity index (χ3n) is 2.24. The molecule has 1 aromatic rings. The van der Waals surface area contributed by atoms with Crippen molar-refractivity contribution in [3.63, 3.8) is 0 Å². The largest absolute Gasteiger partial charge is 0.474 e. The molecule has 88 valence electrons. The molecule has 0 aromatic carbocycles. The second kappa shape index (κ2) is 5.58. The highest BCUT2D eigenvalue weighted by atomic mass is 16.5. The van der Waals surface area contributed by atoms with Crippen molar-refractivity contribution in [1.82, 2.24) is 9.97 Å². The lowest BCUT2D eigenvalue weighted by molar-refractivity contribution is -0.118. The molecule has 0 saturated heterocycles. The molecule has 1 aromatic heterocycles. The first kappa shape index (κ1) is 12.6. The van der Waals surface area contributed by atoms with E-state index in [0.29, 0.717) is 11.6 Å². The molecule has 0 bridgehead atoms. The van der Waals surface area contributed by atoms with Crippen LogP contribution in [0.15, 0.2) is 12.4 Å². The predicted octanol–water partition coefficient (Wildman–Crippen LogP) is 2.35. The zero-order chi connectivity index (χ0) is 12.1. The van der Waals surface area contributed by atoms with E-state index in [-0.39, 0.29) is 17.8 Å². The van der Waals surface area contributed by atoms with Gasteiger partial charge in [-0.1, -0.05) is 6.92 Å². The van der Waals surface area contributed by atoms with Gasteiger partial charge in [0.15, 0.2) is 0 Å². The Bertz CT molecular complexity index is 364. The van der Waals surface area contributed by atoms with E-state index in [4.69, 9.17) is 4.74 Å². The first-order chi connectivity index (χ1) is 7.54. The van der Waals surface area contributed by atoms with Crippen LogP contribution in [-0.2, 0) is 4.79 Å². The summed E-state index contributed by atoms with van der Waals surface area (Å²) in [5, 5.41) is 0. The van der Waals surface area contributed by atoms with E-state index >= 15 is 0 Å². The maximum absolute atomic E-state index is 11.4. The summed E-state index contributed by atoms with van der Waals surface area (Å²) in [6, 6.07) is 0. The molecule has 4 heteroatoms. The van der Waals surface area contributed by atoms with Crippen LogP contribution < -0.4 is 4.74 Å². The Kier molecular flexibility index (Phi) is 4.40. The molecule has 1 heterocycles. The fourth-order valence-electron chi connectivity index (χ4n) is 1.53. The maximum Gasteiger partial charge on any atom is 0.232 e. The molecule has 1 atom stereocenters. The third kappa shape index (κ3) is 3.29. The summed E-state index contributed by atoms with van der Waals surface area (Å²) in [6.07, 6.45) is 3.98. The van der Waals surface area contributed by atoms with Gasteiger partial charge in [-0.3, -0.25) is 9.78 Å². The van der Waals surface area contributed by atoms with Crippen molar-refractivity contribution in [3.05, 3.63) is 18.1 Å². The van der Waals surface area contributed by atoms with Crippen LogP contribution >= 0.6 is 0 Å². The summed E-state index contributed by atoms with van der Waals surface area (Å²) in [7, 11) is 0. The van der Waals surface area contributed by atoms with Crippen LogP contribution in [0.4, 0.5) is 0 Å². The van der Waals surface area contributed by atoms with Crippen molar-refractivity contribution >= 4 is 5.78 Å². The summed E-state index contributed by atoms with van der Waals surface area (Å²) in [6.45, 7) is 7.39. The molecule has 0 amide bonds. The Morgan fingerprint density at radius 1 is 1.44 bits per heavy atom. The van der Waals surface area contributed by atoms with Crippen LogP contribution in [-0.4, -0.2) is 21.9 Å². The summed E-state index contributed by atoms with van der Waals surface area (Å²) in [5.41, 5.74) is 0.688. The van der Waals surface area contributed by atoms with E-state index in [2.05, 4.69) is 9.97 Å². The van der Waals surface area contributed by atoms with Crippen LogP contribution in [0.3, 0.4) is 0 Å². The highest BCUT2D eigenvalue weighted by Crippen LogP contribution is 2.19. The number of aromatic nitrogens is 2. The zero-order valence-electron chi connectivity index (χ0n) is 10.2. The molecule has 0 saturated carbocycles. The van der Waals surface area contributed by atoms with Crippen LogP contribution in [0.5, 0.6) is 5.88 Å². The normalized spacial score (nSPS) is 12.6. The predicted molar refractivity (Wildman–Crippen MR) is 61.5 cm³/mol. The molecule has 0 aliphatic heterocycles. The molecule has 16 heavy (non-hydrogen) atoms. The molecule has 0 fully saturated rings. The number of rotatable bonds is 5. The number of ether oxygens (including phenoxy) is 1. The topological polar surface area (TPSA) is 52.1 Å². The third-order valence-corrected chi connectivity index (χ3v) is 2.24. The fraction of sp³-hybridized carbons (Fsp3) is 0.583. The van der Waals surface area contributed by atoms with Gasteiger partial charge in [0.05, 0.1) is 23.9 Å². The number of ketones is 1. The standard InChI is InChI=1S/C12H18N2O2/c1-5-10(9(4)15)11-6-13-7-12(14-11)16-8(2)3/h6-8,10H,5H2,1-4H3. The smallest absolute Gasteiger partial charge is 0.232 e. The van der Waals surface area contributed by atoms with Crippen molar-refractivity contribution < 1.29 is 9.53 Å². The van der Waals surface area contributed by atoms with Crippen LogP contribution in [0, 0.1) is 0 Å². The van der Waals surface area contributed by atoms with Gasteiger partial charge in [0, 0.05) is 6.20 Å². The summed E-state index contributed by atoms with van der Waals surface area (Å²) in [4.78, 5) is 19.7. The van der Waals surface area contributed by atoms with Gasteiger partial charge >= 0.3 is 0 Å². The second-order valence-electron chi connectivity index (χ2n) is 4.02. The van der Waals surface area contributed by atoms with E-state index in [0.717, 1.165) is 6.42 Å². The lowest BCUT2D eigenvalue weighted by Crippen LogP contribution is -2.12. The van der Waals surface area contributed by atoms with Gasteiger partial charge in [-0.2, -0.15) is 0 Å². The van der Waals surface area contributed by atoms with Crippen molar-refractivity contribution in [2.75, 3.05) is 0 Å². The van der Waals surface area contributed by atoms with Crippen LogP contribution in [0.25, 0.3) is 0 Å². The van der Waals surface area contributed by atoms with E-state index in [1.807, 2.05) is 20.8 Å². The lowest BCUT2D eigenvalue weighted by Gasteiger charge is -2.13. The SMILES string of the molecule is CCC(C(C)=O)c1cncc(OC(C)C)n1. The van der Waals surface area contributed by atoms with Gasteiger partial charge in [0.2, 0.25) is 5.88 Å². The Labute approximate surface area is 96.1 Å². The Morgan fingerprint density at radius 2 is 2.12 bits per heavy atom. The summed E-state index contributed by atoms with van der Waals surface area (Å²) in [5.74, 6) is 0.411. The number of carbonyl (C=O) groups is 1. The van der Waals surface area contributed by atoms with Gasteiger partial charge in [-0.15, -0.1) is 0 Å². The quantitative estimate of drug-likeness (QED) is 0.767. The molecule has 1 rings (SSSR count). The zero-order valence-corrected chi connectivity index (χ0v) is 10.2. The van der Waals surface area contributed by atoms with Crippen molar-refractivity contribution in [1.29, 1.82) is 0 Å². The number of hydrogen-bond acceptors (Lipinski definition) is 4. The van der Waals surface area contributed by atoms with Gasteiger partial charge in [-0.25, -0.2) is 4.98 Å². The molecule has 1 unspecified atom stereocenters. The first-order valence-electron chi connectivity index (χ1n) is 5.53.